The van der Waals surface area contributed by atoms with Crippen molar-refractivity contribution >= 4 is 15.7 Å². The number of sulfonamides is 1. The van der Waals surface area contributed by atoms with E-state index in [-0.39, 0.29) is 0 Å². The van der Waals surface area contributed by atoms with E-state index in [2.05, 4.69) is 49.9 Å². The van der Waals surface area contributed by atoms with Crippen molar-refractivity contribution < 1.29 is 8.42 Å². The molecular formula is C20H26N2O2S. The highest BCUT2D eigenvalue weighted by atomic mass is 32.2. The molecule has 0 aliphatic carbocycles. The SMILES string of the molecule is Cc1ccc(N2CCN(S(=O)(=O)c3ccc(C(C)C)cc3)CC2)cc1. The van der Waals surface area contributed by atoms with E-state index < -0.39 is 10.0 Å². The second-order valence-electron chi connectivity index (χ2n) is 6.95. The van der Waals surface area contributed by atoms with Gasteiger partial charge < -0.3 is 4.90 Å². The minimum Gasteiger partial charge on any atom is -0.369 e. The molecule has 1 aliphatic rings. The van der Waals surface area contributed by atoms with Crippen molar-refractivity contribution in [3.8, 4) is 0 Å². The van der Waals surface area contributed by atoms with Crippen molar-refractivity contribution in [2.24, 2.45) is 0 Å². The van der Waals surface area contributed by atoms with Crippen molar-refractivity contribution in [1.29, 1.82) is 0 Å². The number of nitrogens with zero attached hydrogens (tertiary/aromatic N) is 2. The minimum absolute atomic E-state index is 0.390. The number of rotatable bonds is 4. The lowest BCUT2D eigenvalue weighted by Crippen LogP contribution is -2.48. The van der Waals surface area contributed by atoms with Crippen molar-refractivity contribution in [3.63, 3.8) is 0 Å². The van der Waals surface area contributed by atoms with Gasteiger partial charge in [-0.25, -0.2) is 8.42 Å². The molecule has 0 spiro atoms. The van der Waals surface area contributed by atoms with Gasteiger partial charge in [-0.1, -0.05) is 43.7 Å². The molecule has 3 rings (SSSR count). The first kappa shape index (κ1) is 18.0. The van der Waals surface area contributed by atoms with E-state index in [9.17, 15) is 8.42 Å². The predicted molar refractivity (Wildman–Crippen MR) is 103 cm³/mol. The lowest BCUT2D eigenvalue weighted by atomic mass is 10.0. The highest BCUT2D eigenvalue weighted by Gasteiger charge is 2.28. The fourth-order valence-electron chi connectivity index (χ4n) is 3.12. The second kappa shape index (κ2) is 7.18. The number of aryl methyl sites for hydroxylation is 1. The molecule has 0 N–H and O–H groups in total. The van der Waals surface area contributed by atoms with Gasteiger partial charge in [0.1, 0.15) is 0 Å². The van der Waals surface area contributed by atoms with Crippen LogP contribution in [0.1, 0.15) is 30.9 Å². The summed E-state index contributed by atoms with van der Waals surface area (Å²) in [5.41, 5.74) is 3.54. The molecule has 1 fully saturated rings. The molecule has 0 atom stereocenters. The van der Waals surface area contributed by atoms with Crippen LogP contribution in [0.3, 0.4) is 0 Å². The normalized spacial score (nSPS) is 16.4. The van der Waals surface area contributed by atoms with E-state index >= 15 is 0 Å². The van der Waals surface area contributed by atoms with E-state index in [0.29, 0.717) is 37.0 Å². The summed E-state index contributed by atoms with van der Waals surface area (Å²) in [4.78, 5) is 2.63. The zero-order valence-electron chi connectivity index (χ0n) is 15.1. The molecule has 0 amide bonds. The van der Waals surface area contributed by atoms with Crippen LogP contribution in [-0.4, -0.2) is 38.9 Å². The maximum atomic E-state index is 12.9. The molecule has 1 aliphatic heterocycles. The Labute approximate surface area is 151 Å². The van der Waals surface area contributed by atoms with Gasteiger partial charge >= 0.3 is 0 Å². The van der Waals surface area contributed by atoms with Gasteiger partial charge in [0.2, 0.25) is 10.0 Å². The van der Waals surface area contributed by atoms with Crippen molar-refractivity contribution in [3.05, 3.63) is 59.7 Å². The van der Waals surface area contributed by atoms with Gasteiger partial charge in [0.25, 0.3) is 0 Å². The van der Waals surface area contributed by atoms with E-state index in [1.807, 2.05) is 12.1 Å². The summed E-state index contributed by atoms with van der Waals surface area (Å²) in [6.45, 7) is 8.74. The molecule has 134 valence electrons. The molecule has 1 heterocycles. The number of anilines is 1. The van der Waals surface area contributed by atoms with Gasteiger partial charge in [-0.15, -0.1) is 0 Å². The summed E-state index contributed by atoms with van der Waals surface area (Å²) in [6, 6.07) is 15.7. The molecule has 0 bridgehead atoms. The Morgan fingerprint density at radius 1 is 0.840 bits per heavy atom. The fourth-order valence-corrected chi connectivity index (χ4v) is 4.54. The quantitative estimate of drug-likeness (QED) is 0.838. The van der Waals surface area contributed by atoms with Crippen LogP contribution in [0.25, 0.3) is 0 Å². The summed E-state index contributed by atoms with van der Waals surface area (Å²) in [5.74, 6) is 0.398. The first-order chi connectivity index (χ1) is 11.9. The zero-order valence-corrected chi connectivity index (χ0v) is 16.0. The summed E-state index contributed by atoms with van der Waals surface area (Å²) < 4.78 is 27.3. The smallest absolute Gasteiger partial charge is 0.243 e. The Morgan fingerprint density at radius 2 is 1.40 bits per heavy atom. The first-order valence-corrected chi connectivity index (χ1v) is 10.2. The Kier molecular flexibility index (Phi) is 5.16. The van der Waals surface area contributed by atoms with Crippen LogP contribution in [0.15, 0.2) is 53.4 Å². The zero-order chi connectivity index (χ0) is 18.0. The molecule has 0 radical (unpaired) electrons. The number of hydrogen-bond acceptors (Lipinski definition) is 3. The Bertz CT molecular complexity index is 804. The third-order valence-corrected chi connectivity index (χ3v) is 6.74. The van der Waals surface area contributed by atoms with Crippen LogP contribution in [0, 0.1) is 6.92 Å². The average molecular weight is 359 g/mol. The Hall–Kier alpha value is -1.85. The van der Waals surface area contributed by atoms with Gasteiger partial charge in [0.05, 0.1) is 4.90 Å². The average Bonchev–Trinajstić information content (AvgIpc) is 2.62. The molecule has 0 aromatic heterocycles. The molecule has 0 saturated carbocycles. The largest absolute Gasteiger partial charge is 0.369 e. The molecule has 1 saturated heterocycles. The Morgan fingerprint density at radius 3 is 1.92 bits per heavy atom. The van der Waals surface area contributed by atoms with E-state index in [4.69, 9.17) is 0 Å². The monoisotopic (exact) mass is 358 g/mol. The third-order valence-electron chi connectivity index (χ3n) is 4.82. The minimum atomic E-state index is -3.41. The molecule has 5 heteroatoms. The summed E-state index contributed by atoms with van der Waals surface area (Å²) >= 11 is 0. The highest BCUT2D eigenvalue weighted by Crippen LogP contribution is 2.23. The third kappa shape index (κ3) is 3.88. The van der Waals surface area contributed by atoms with Crippen LogP contribution in [-0.2, 0) is 10.0 Å². The van der Waals surface area contributed by atoms with Gasteiger partial charge in [-0.05, 0) is 42.7 Å². The van der Waals surface area contributed by atoms with Gasteiger partial charge in [-0.3, -0.25) is 0 Å². The van der Waals surface area contributed by atoms with Crippen molar-refractivity contribution in [1.82, 2.24) is 4.31 Å². The van der Waals surface area contributed by atoms with Crippen molar-refractivity contribution in [2.45, 2.75) is 31.6 Å². The lowest BCUT2D eigenvalue weighted by molar-refractivity contribution is 0.385. The van der Waals surface area contributed by atoms with E-state index in [0.717, 1.165) is 11.3 Å². The molecular weight excluding hydrogens is 332 g/mol. The number of piperazine rings is 1. The first-order valence-electron chi connectivity index (χ1n) is 8.79. The maximum Gasteiger partial charge on any atom is 0.243 e. The Balaban J connectivity index is 1.69. The molecule has 25 heavy (non-hydrogen) atoms. The van der Waals surface area contributed by atoms with Crippen LogP contribution >= 0.6 is 0 Å². The lowest BCUT2D eigenvalue weighted by Gasteiger charge is -2.35. The molecule has 2 aromatic carbocycles. The van der Waals surface area contributed by atoms with Crippen molar-refractivity contribution in [2.75, 3.05) is 31.1 Å². The summed E-state index contributed by atoms with van der Waals surface area (Å²) in [7, 11) is -3.41. The van der Waals surface area contributed by atoms with Gasteiger partial charge in [0.15, 0.2) is 0 Å². The van der Waals surface area contributed by atoms with Gasteiger partial charge in [-0.2, -0.15) is 4.31 Å². The number of benzene rings is 2. The maximum absolute atomic E-state index is 12.9. The van der Waals surface area contributed by atoms with Crippen LogP contribution in [0.4, 0.5) is 5.69 Å². The van der Waals surface area contributed by atoms with Gasteiger partial charge in [0, 0.05) is 31.9 Å². The topological polar surface area (TPSA) is 40.6 Å². The van der Waals surface area contributed by atoms with Crippen LogP contribution in [0.2, 0.25) is 0 Å². The second-order valence-corrected chi connectivity index (χ2v) is 8.89. The molecule has 4 nitrogen and oxygen atoms in total. The summed E-state index contributed by atoms with van der Waals surface area (Å²) in [6.07, 6.45) is 0. The van der Waals surface area contributed by atoms with E-state index in [1.165, 1.54) is 5.56 Å². The standard InChI is InChI=1S/C20H26N2O2S/c1-16(2)18-6-10-20(11-7-18)25(23,24)22-14-12-21(13-15-22)19-8-4-17(3)5-9-19/h4-11,16H,12-15H2,1-3H3. The van der Waals surface area contributed by atoms with E-state index in [1.54, 1.807) is 16.4 Å². The number of hydrogen-bond donors (Lipinski definition) is 0. The predicted octanol–water partition coefficient (Wildman–Crippen LogP) is 3.63. The molecule has 2 aromatic rings. The molecule has 0 unspecified atom stereocenters. The summed E-state index contributed by atoms with van der Waals surface area (Å²) in [5, 5.41) is 0. The highest BCUT2D eigenvalue weighted by molar-refractivity contribution is 7.89. The van der Waals surface area contributed by atoms with Crippen LogP contribution in [0.5, 0.6) is 0 Å². The van der Waals surface area contributed by atoms with Crippen LogP contribution < -0.4 is 4.90 Å². The fraction of sp³-hybridized carbons (Fsp3) is 0.400.